The molecule has 4 aromatic rings. The normalized spacial score (nSPS) is 17.9. The SMILES string of the molecule is CC(=O)Oc1cccc(C23CC4=CN(CCc5ccc(c(OC(C)=O)c5)-c5ccc(OC(C)=O)cc54)C2Cc2cc(OC(C)=O)cc(OC(C)=O)c23)c1. The lowest BCUT2D eigenvalue weighted by Gasteiger charge is -2.48. The lowest BCUT2D eigenvalue weighted by molar-refractivity contribution is -0.133. The average Bonchev–Trinajstić information content (AvgIpc) is 3.40. The van der Waals surface area contributed by atoms with Crippen molar-refractivity contribution in [1.29, 1.82) is 0 Å². The highest BCUT2D eigenvalue weighted by molar-refractivity contribution is 5.88. The molecule has 0 spiro atoms. The van der Waals surface area contributed by atoms with Gasteiger partial charge in [-0.05, 0) is 95.1 Å². The second-order valence-electron chi connectivity index (χ2n) is 13.5. The van der Waals surface area contributed by atoms with Gasteiger partial charge in [-0.25, -0.2) is 0 Å². The summed E-state index contributed by atoms with van der Waals surface area (Å²) in [6.45, 7) is 7.19. The zero-order valence-corrected chi connectivity index (χ0v) is 29.9. The predicted octanol–water partition coefficient (Wildman–Crippen LogP) is 6.49. The Hall–Kier alpha value is -6.23. The number of carbonyl (C=O) groups excluding carboxylic acids is 5. The Bertz CT molecular complexity index is 2250. The summed E-state index contributed by atoms with van der Waals surface area (Å²) >= 11 is 0. The highest BCUT2D eigenvalue weighted by atomic mass is 16.6. The number of hydrogen-bond donors (Lipinski definition) is 0. The van der Waals surface area contributed by atoms with E-state index in [9.17, 15) is 24.0 Å². The van der Waals surface area contributed by atoms with Crippen molar-refractivity contribution in [2.75, 3.05) is 6.54 Å². The van der Waals surface area contributed by atoms with E-state index in [4.69, 9.17) is 23.7 Å². The molecule has 4 aliphatic rings. The Labute approximate surface area is 306 Å². The lowest BCUT2D eigenvalue weighted by Crippen LogP contribution is -2.50. The number of fused-ring (bicyclic) bond motifs is 6. The molecule has 270 valence electrons. The Morgan fingerprint density at radius 2 is 1.26 bits per heavy atom. The second kappa shape index (κ2) is 13.7. The molecule has 0 aromatic heterocycles. The molecule has 0 saturated heterocycles. The molecule has 0 N–H and O–H groups in total. The molecule has 3 aliphatic heterocycles. The van der Waals surface area contributed by atoms with Crippen molar-refractivity contribution in [2.45, 2.75) is 65.3 Å². The first kappa shape index (κ1) is 35.2. The van der Waals surface area contributed by atoms with Crippen molar-refractivity contribution >= 4 is 35.4 Å². The predicted molar refractivity (Wildman–Crippen MR) is 193 cm³/mol. The van der Waals surface area contributed by atoms with Crippen LogP contribution in [-0.4, -0.2) is 47.3 Å². The van der Waals surface area contributed by atoms with Crippen LogP contribution in [0.4, 0.5) is 0 Å². The van der Waals surface area contributed by atoms with Crippen LogP contribution in [0.1, 0.15) is 68.9 Å². The van der Waals surface area contributed by atoms with Gasteiger partial charge in [-0.3, -0.25) is 24.0 Å². The monoisotopic (exact) mass is 715 g/mol. The van der Waals surface area contributed by atoms with E-state index in [0.29, 0.717) is 48.6 Å². The molecule has 11 nitrogen and oxygen atoms in total. The minimum absolute atomic E-state index is 0.246. The van der Waals surface area contributed by atoms with Crippen molar-refractivity contribution < 1.29 is 47.7 Å². The van der Waals surface area contributed by atoms with Crippen molar-refractivity contribution in [3.05, 3.63) is 107 Å². The minimum atomic E-state index is -0.925. The highest BCUT2D eigenvalue weighted by Crippen LogP contribution is 2.59. The fourth-order valence-corrected chi connectivity index (χ4v) is 8.09. The third-order valence-electron chi connectivity index (χ3n) is 9.75. The maximum absolute atomic E-state index is 12.7. The number of esters is 5. The van der Waals surface area contributed by atoms with E-state index in [-0.39, 0.29) is 17.5 Å². The van der Waals surface area contributed by atoms with E-state index in [2.05, 4.69) is 11.1 Å². The van der Waals surface area contributed by atoms with Gasteiger partial charge >= 0.3 is 29.8 Å². The summed E-state index contributed by atoms with van der Waals surface area (Å²) in [6.07, 6.45) is 3.54. The summed E-state index contributed by atoms with van der Waals surface area (Å²) in [5.41, 5.74) is 5.37. The van der Waals surface area contributed by atoms with Gasteiger partial charge in [0.15, 0.2) is 0 Å². The average molecular weight is 716 g/mol. The standard InChI is InChI=1S/C42H37NO10/c1-23(44)49-32-8-6-7-31(18-32)42-21-30-22-43(40(42)17-29-16-34(51-25(3)46)20-39(41(29)42)53-27(5)48)14-13-28-9-11-36(38(15-28)52-26(4)47)35-12-10-33(19-37(30)35)50-24(2)45/h6-12,15-16,18-20,22,40H,13-14,17,21H2,1-5H3. The van der Waals surface area contributed by atoms with Crippen LogP contribution in [-0.2, 0) is 42.2 Å². The summed E-state index contributed by atoms with van der Waals surface area (Å²) in [7, 11) is 0. The molecule has 53 heavy (non-hydrogen) atoms. The molecule has 0 fully saturated rings. The fourth-order valence-electron chi connectivity index (χ4n) is 8.09. The third-order valence-corrected chi connectivity index (χ3v) is 9.75. The fraction of sp³-hybridized carbons (Fsp3) is 0.262. The first-order valence-corrected chi connectivity index (χ1v) is 17.2. The molecule has 2 atom stereocenters. The van der Waals surface area contributed by atoms with Crippen LogP contribution in [0.15, 0.2) is 79.0 Å². The molecule has 8 rings (SSSR count). The van der Waals surface area contributed by atoms with E-state index >= 15 is 0 Å². The largest absolute Gasteiger partial charge is 0.427 e. The Morgan fingerprint density at radius 1 is 0.623 bits per heavy atom. The minimum Gasteiger partial charge on any atom is -0.427 e. The van der Waals surface area contributed by atoms with Crippen LogP contribution < -0.4 is 23.7 Å². The molecule has 0 amide bonds. The molecule has 3 heterocycles. The van der Waals surface area contributed by atoms with Crippen LogP contribution in [0, 0.1) is 0 Å². The van der Waals surface area contributed by atoms with Crippen LogP contribution in [0.5, 0.6) is 28.7 Å². The van der Waals surface area contributed by atoms with Gasteiger partial charge in [-0.15, -0.1) is 0 Å². The highest BCUT2D eigenvalue weighted by Gasteiger charge is 2.55. The molecular weight excluding hydrogens is 678 g/mol. The Balaban J connectivity index is 1.53. The van der Waals surface area contributed by atoms with Crippen LogP contribution in [0.3, 0.4) is 0 Å². The van der Waals surface area contributed by atoms with Gasteiger partial charge in [0, 0.05) is 76.0 Å². The number of allylic oxidation sites excluding steroid dienone is 1. The summed E-state index contributed by atoms with van der Waals surface area (Å²) in [4.78, 5) is 63.8. The lowest BCUT2D eigenvalue weighted by atomic mass is 9.65. The molecule has 4 bridgehead atoms. The maximum Gasteiger partial charge on any atom is 0.308 e. The second-order valence-corrected chi connectivity index (χ2v) is 13.5. The number of hydrogen-bond acceptors (Lipinski definition) is 11. The van der Waals surface area contributed by atoms with Crippen molar-refractivity contribution in [2.24, 2.45) is 0 Å². The van der Waals surface area contributed by atoms with E-state index < -0.39 is 35.3 Å². The van der Waals surface area contributed by atoms with E-state index in [0.717, 1.165) is 39.0 Å². The number of benzene rings is 4. The summed E-state index contributed by atoms with van der Waals surface area (Å²) in [5.74, 6) is -0.896. The Morgan fingerprint density at radius 3 is 1.96 bits per heavy atom. The van der Waals surface area contributed by atoms with Crippen molar-refractivity contribution in [1.82, 2.24) is 4.90 Å². The van der Waals surface area contributed by atoms with Crippen LogP contribution >= 0.6 is 0 Å². The maximum atomic E-state index is 12.7. The molecule has 0 radical (unpaired) electrons. The number of ether oxygens (including phenoxy) is 5. The van der Waals surface area contributed by atoms with Gasteiger partial charge in [-0.2, -0.15) is 0 Å². The molecule has 4 aromatic carbocycles. The Kier molecular flexibility index (Phi) is 9.11. The first-order chi connectivity index (χ1) is 25.3. The van der Waals surface area contributed by atoms with Gasteiger partial charge in [-0.1, -0.05) is 24.3 Å². The summed E-state index contributed by atoms with van der Waals surface area (Å²) in [5, 5.41) is 0. The molecule has 11 heteroatoms. The zero-order chi connectivity index (χ0) is 37.6. The van der Waals surface area contributed by atoms with Crippen LogP contribution in [0.25, 0.3) is 16.7 Å². The van der Waals surface area contributed by atoms with E-state index in [1.54, 1.807) is 24.3 Å². The zero-order valence-electron chi connectivity index (χ0n) is 29.9. The first-order valence-electron chi connectivity index (χ1n) is 17.2. The van der Waals surface area contributed by atoms with Gasteiger partial charge < -0.3 is 28.6 Å². The van der Waals surface area contributed by atoms with Gasteiger partial charge in [0.1, 0.15) is 28.7 Å². The topological polar surface area (TPSA) is 135 Å². The van der Waals surface area contributed by atoms with Gasteiger partial charge in [0.25, 0.3) is 0 Å². The van der Waals surface area contributed by atoms with Crippen molar-refractivity contribution in [3.8, 4) is 39.9 Å². The smallest absolute Gasteiger partial charge is 0.308 e. The summed E-state index contributed by atoms with van der Waals surface area (Å²) < 4.78 is 28.5. The van der Waals surface area contributed by atoms with Crippen molar-refractivity contribution in [3.63, 3.8) is 0 Å². The molecule has 1 aliphatic carbocycles. The quantitative estimate of drug-likeness (QED) is 0.160. The number of nitrogens with zero attached hydrogens (tertiary/aromatic N) is 1. The van der Waals surface area contributed by atoms with Gasteiger partial charge in [0.2, 0.25) is 0 Å². The van der Waals surface area contributed by atoms with E-state index in [1.807, 2.05) is 48.5 Å². The van der Waals surface area contributed by atoms with Crippen LogP contribution in [0.2, 0.25) is 0 Å². The number of carbonyl (C=O) groups is 5. The molecule has 2 unspecified atom stereocenters. The molecule has 0 saturated carbocycles. The van der Waals surface area contributed by atoms with E-state index in [1.165, 1.54) is 34.6 Å². The van der Waals surface area contributed by atoms with Gasteiger partial charge in [0.05, 0.1) is 0 Å². The summed E-state index contributed by atoms with van der Waals surface area (Å²) in [6, 6.07) is 21.6. The number of rotatable bonds is 6. The third kappa shape index (κ3) is 6.77. The molecular formula is C42H37NO10.